The van der Waals surface area contributed by atoms with E-state index >= 15 is 0 Å². The third-order valence-corrected chi connectivity index (χ3v) is 2.62. The van der Waals surface area contributed by atoms with Gasteiger partial charge >= 0.3 is 0 Å². The summed E-state index contributed by atoms with van der Waals surface area (Å²) in [5, 5.41) is 8.58. The summed E-state index contributed by atoms with van der Waals surface area (Å²) in [4.78, 5) is 13.9. The Morgan fingerprint density at radius 2 is 2.28 bits per heavy atom. The molecule has 0 spiro atoms. The highest BCUT2D eigenvalue weighted by Crippen LogP contribution is 2.22. The average Bonchev–Trinajstić information content (AvgIpc) is 2.39. The van der Waals surface area contributed by atoms with Gasteiger partial charge in [-0.2, -0.15) is 5.26 Å². The van der Waals surface area contributed by atoms with E-state index in [0.29, 0.717) is 36.5 Å². The Hall–Kier alpha value is -2.22. The molecule has 18 heavy (non-hydrogen) atoms. The summed E-state index contributed by atoms with van der Waals surface area (Å²) in [7, 11) is 1.51. The number of ether oxygens (including phenoxy) is 1. The SMILES string of the molecule is CCN(CCC#N)C(=O)c1cc(N)ccc1OC. The van der Waals surface area contributed by atoms with Crippen LogP contribution in [0.1, 0.15) is 23.7 Å². The zero-order chi connectivity index (χ0) is 13.5. The van der Waals surface area contributed by atoms with E-state index in [-0.39, 0.29) is 5.91 Å². The van der Waals surface area contributed by atoms with Gasteiger partial charge in [0.2, 0.25) is 0 Å². The van der Waals surface area contributed by atoms with Crippen LogP contribution < -0.4 is 10.5 Å². The lowest BCUT2D eigenvalue weighted by Gasteiger charge is -2.20. The third kappa shape index (κ3) is 3.14. The van der Waals surface area contributed by atoms with Crippen LogP contribution in [0.15, 0.2) is 18.2 Å². The minimum absolute atomic E-state index is 0.170. The monoisotopic (exact) mass is 247 g/mol. The number of rotatable bonds is 5. The molecule has 1 amide bonds. The highest BCUT2D eigenvalue weighted by atomic mass is 16.5. The molecule has 0 aliphatic heterocycles. The van der Waals surface area contributed by atoms with E-state index in [1.807, 2.05) is 13.0 Å². The maximum Gasteiger partial charge on any atom is 0.257 e. The van der Waals surface area contributed by atoms with Gasteiger partial charge in [-0.25, -0.2) is 0 Å². The second-order valence-corrected chi connectivity index (χ2v) is 3.75. The fourth-order valence-corrected chi connectivity index (χ4v) is 1.65. The Labute approximate surface area is 107 Å². The molecule has 0 bridgehead atoms. The Morgan fingerprint density at radius 3 is 2.83 bits per heavy atom. The van der Waals surface area contributed by atoms with Gasteiger partial charge in [0.15, 0.2) is 0 Å². The number of nitrogens with zero attached hydrogens (tertiary/aromatic N) is 2. The summed E-state index contributed by atoms with van der Waals surface area (Å²) in [5.74, 6) is 0.321. The highest BCUT2D eigenvalue weighted by Gasteiger charge is 2.18. The molecular weight excluding hydrogens is 230 g/mol. The van der Waals surface area contributed by atoms with Gasteiger partial charge in [-0.3, -0.25) is 4.79 Å². The molecule has 0 saturated heterocycles. The number of benzene rings is 1. The molecule has 96 valence electrons. The number of anilines is 1. The highest BCUT2D eigenvalue weighted by molar-refractivity contribution is 5.97. The van der Waals surface area contributed by atoms with E-state index in [1.165, 1.54) is 7.11 Å². The maximum absolute atomic E-state index is 12.3. The Balaban J connectivity index is 3.00. The summed E-state index contributed by atoms with van der Waals surface area (Å²) >= 11 is 0. The predicted molar refractivity (Wildman–Crippen MR) is 69.2 cm³/mol. The summed E-state index contributed by atoms with van der Waals surface area (Å²) in [6, 6.07) is 6.97. The van der Waals surface area contributed by atoms with Gasteiger partial charge in [0.25, 0.3) is 5.91 Å². The van der Waals surface area contributed by atoms with Crippen LogP contribution in [0.3, 0.4) is 0 Å². The van der Waals surface area contributed by atoms with Crippen molar-refractivity contribution in [2.45, 2.75) is 13.3 Å². The predicted octanol–water partition coefficient (Wildman–Crippen LogP) is 1.65. The van der Waals surface area contributed by atoms with E-state index in [0.717, 1.165) is 0 Å². The van der Waals surface area contributed by atoms with E-state index in [2.05, 4.69) is 0 Å². The van der Waals surface area contributed by atoms with Crippen LogP contribution in [0, 0.1) is 11.3 Å². The van der Waals surface area contributed by atoms with Gasteiger partial charge in [0, 0.05) is 18.8 Å². The zero-order valence-corrected chi connectivity index (χ0v) is 10.6. The molecule has 5 nitrogen and oxygen atoms in total. The number of nitrogens with two attached hydrogens (primary N) is 1. The number of nitriles is 1. The molecule has 1 rings (SSSR count). The van der Waals surface area contributed by atoms with Crippen molar-refractivity contribution in [3.05, 3.63) is 23.8 Å². The molecule has 0 fully saturated rings. The summed E-state index contributed by atoms with van der Waals surface area (Å²) in [6.07, 6.45) is 0.310. The first-order valence-corrected chi connectivity index (χ1v) is 5.73. The van der Waals surface area contributed by atoms with Crippen LogP contribution in [0.5, 0.6) is 5.75 Å². The van der Waals surface area contributed by atoms with Crippen LogP contribution >= 0.6 is 0 Å². The van der Waals surface area contributed by atoms with Crippen LogP contribution in [-0.2, 0) is 0 Å². The Morgan fingerprint density at radius 1 is 1.56 bits per heavy atom. The molecule has 0 radical (unpaired) electrons. The molecule has 0 aromatic heterocycles. The largest absolute Gasteiger partial charge is 0.496 e. The second-order valence-electron chi connectivity index (χ2n) is 3.75. The fraction of sp³-hybridized carbons (Fsp3) is 0.385. The van der Waals surface area contributed by atoms with E-state index in [9.17, 15) is 4.79 Å². The minimum atomic E-state index is -0.170. The molecule has 1 aromatic carbocycles. The number of carbonyl (C=O) groups is 1. The van der Waals surface area contributed by atoms with Crippen LogP contribution in [0.4, 0.5) is 5.69 Å². The minimum Gasteiger partial charge on any atom is -0.496 e. The lowest BCUT2D eigenvalue weighted by molar-refractivity contribution is 0.0764. The number of hydrogen-bond donors (Lipinski definition) is 1. The van der Waals surface area contributed by atoms with E-state index < -0.39 is 0 Å². The van der Waals surface area contributed by atoms with Gasteiger partial charge in [-0.1, -0.05) is 0 Å². The van der Waals surface area contributed by atoms with E-state index in [4.69, 9.17) is 15.7 Å². The molecule has 0 aliphatic carbocycles. The lowest BCUT2D eigenvalue weighted by atomic mass is 10.1. The topological polar surface area (TPSA) is 79.4 Å². The molecule has 1 aromatic rings. The number of hydrogen-bond acceptors (Lipinski definition) is 4. The number of methoxy groups -OCH3 is 1. The molecule has 0 atom stereocenters. The molecule has 2 N–H and O–H groups in total. The number of amides is 1. The smallest absolute Gasteiger partial charge is 0.257 e. The van der Waals surface area contributed by atoms with Crippen molar-refractivity contribution in [2.75, 3.05) is 25.9 Å². The first-order valence-electron chi connectivity index (χ1n) is 5.73. The Bertz CT molecular complexity index is 466. The van der Waals surface area contributed by atoms with Gasteiger partial charge in [0.05, 0.1) is 25.2 Å². The quantitative estimate of drug-likeness (QED) is 0.802. The summed E-state index contributed by atoms with van der Waals surface area (Å²) < 4.78 is 5.15. The van der Waals surface area contributed by atoms with Crippen LogP contribution in [0.25, 0.3) is 0 Å². The second kappa shape index (κ2) is 6.50. The molecule has 5 heteroatoms. The van der Waals surface area contributed by atoms with Crippen molar-refractivity contribution in [3.63, 3.8) is 0 Å². The fourth-order valence-electron chi connectivity index (χ4n) is 1.65. The molecular formula is C13H17N3O2. The molecule has 0 aliphatic rings. The Kier molecular flexibility index (Phi) is 5.00. The van der Waals surface area contributed by atoms with Gasteiger partial charge < -0.3 is 15.4 Å². The van der Waals surface area contributed by atoms with E-state index in [1.54, 1.807) is 23.1 Å². The molecule has 0 unspecified atom stereocenters. The number of nitrogen functional groups attached to an aromatic ring is 1. The summed E-state index contributed by atoms with van der Waals surface area (Å²) in [5.41, 5.74) is 6.62. The van der Waals surface area contributed by atoms with Gasteiger partial charge in [0.1, 0.15) is 5.75 Å². The summed E-state index contributed by atoms with van der Waals surface area (Å²) in [6.45, 7) is 2.82. The van der Waals surface area contributed by atoms with Crippen LogP contribution in [0.2, 0.25) is 0 Å². The average molecular weight is 247 g/mol. The zero-order valence-electron chi connectivity index (χ0n) is 10.6. The van der Waals surface area contributed by atoms with Crippen molar-refractivity contribution >= 4 is 11.6 Å². The van der Waals surface area contributed by atoms with Gasteiger partial charge in [-0.05, 0) is 25.1 Å². The van der Waals surface area contributed by atoms with Crippen molar-refractivity contribution in [1.29, 1.82) is 5.26 Å². The normalized spacial score (nSPS) is 9.61. The van der Waals surface area contributed by atoms with Crippen molar-refractivity contribution in [2.24, 2.45) is 0 Å². The molecule has 0 heterocycles. The van der Waals surface area contributed by atoms with Crippen molar-refractivity contribution in [3.8, 4) is 11.8 Å². The third-order valence-electron chi connectivity index (χ3n) is 2.62. The molecule has 0 saturated carbocycles. The van der Waals surface area contributed by atoms with Crippen molar-refractivity contribution in [1.82, 2.24) is 4.90 Å². The lowest BCUT2D eigenvalue weighted by Crippen LogP contribution is -2.32. The van der Waals surface area contributed by atoms with Crippen molar-refractivity contribution < 1.29 is 9.53 Å². The van der Waals surface area contributed by atoms with Crippen LogP contribution in [-0.4, -0.2) is 31.0 Å². The maximum atomic E-state index is 12.3. The first kappa shape index (κ1) is 13.8. The van der Waals surface area contributed by atoms with Gasteiger partial charge in [-0.15, -0.1) is 0 Å². The first-order chi connectivity index (χ1) is 8.63. The standard InChI is InChI=1S/C13H17N3O2/c1-3-16(8-4-7-14)13(17)11-9-10(15)5-6-12(11)18-2/h5-6,9H,3-4,8,15H2,1-2H3. The number of carbonyl (C=O) groups excluding carboxylic acids is 1.